The lowest BCUT2D eigenvalue weighted by atomic mass is 9.94. The van der Waals surface area contributed by atoms with Gasteiger partial charge < -0.3 is 9.30 Å². The Morgan fingerprint density at radius 1 is 1.11 bits per heavy atom. The molecule has 4 rings (SSSR count). The van der Waals surface area contributed by atoms with Gasteiger partial charge >= 0.3 is 0 Å². The molecule has 146 valence electrons. The average molecular weight is 370 g/mol. The molecule has 0 N–H and O–H groups in total. The quantitative estimate of drug-likeness (QED) is 0.811. The van der Waals surface area contributed by atoms with Crippen LogP contribution in [0.1, 0.15) is 37.8 Å². The molecular weight excluding hydrogens is 338 g/mol. The van der Waals surface area contributed by atoms with E-state index in [1.54, 1.807) is 0 Å². The fraction of sp³-hybridized carbons (Fsp3) is 0.619. The molecule has 27 heavy (non-hydrogen) atoms. The van der Waals surface area contributed by atoms with Gasteiger partial charge in [0.05, 0.1) is 12.2 Å². The van der Waals surface area contributed by atoms with Crippen molar-refractivity contribution in [2.24, 2.45) is 0 Å². The van der Waals surface area contributed by atoms with Crippen molar-refractivity contribution in [2.45, 2.75) is 44.7 Å². The summed E-state index contributed by atoms with van der Waals surface area (Å²) in [5.74, 6) is 0.288. The number of amides is 1. The van der Waals surface area contributed by atoms with Crippen LogP contribution in [0.15, 0.2) is 30.6 Å². The van der Waals surface area contributed by atoms with E-state index < -0.39 is 0 Å². The summed E-state index contributed by atoms with van der Waals surface area (Å²) in [5, 5.41) is 0. The largest absolute Gasteiger partial charge is 0.342 e. The van der Waals surface area contributed by atoms with Crippen LogP contribution < -0.4 is 0 Å². The number of piperazine rings is 1. The Bertz CT molecular complexity index is 726. The van der Waals surface area contributed by atoms with Gasteiger partial charge in [-0.05, 0) is 25.0 Å². The maximum atomic E-state index is 12.6. The monoisotopic (exact) mass is 369 g/mol. The number of aromatic nitrogens is 2. The highest BCUT2D eigenvalue weighted by atomic mass is 16.2. The number of fused-ring (bicyclic) bond motifs is 1. The highest BCUT2D eigenvalue weighted by molar-refractivity contribution is 5.78. The van der Waals surface area contributed by atoms with E-state index >= 15 is 0 Å². The van der Waals surface area contributed by atoms with Crippen molar-refractivity contribution in [1.82, 2.24) is 24.1 Å². The van der Waals surface area contributed by atoms with Crippen LogP contribution in [0.25, 0.3) is 5.65 Å². The van der Waals surface area contributed by atoms with Crippen LogP contribution in [0.2, 0.25) is 0 Å². The predicted molar refractivity (Wildman–Crippen MR) is 107 cm³/mol. The standard InChI is InChI=1S/C21H31N5O/c1-23(19-7-3-2-4-8-19)21(27)17-25-13-11-24(12-14-25)15-18-16-26-10-6-5-9-20(26)22-18/h5-6,9-10,16,19H,2-4,7-8,11-15,17H2,1H3. The number of pyridine rings is 1. The highest BCUT2D eigenvalue weighted by Gasteiger charge is 2.25. The number of rotatable bonds is 5. The summed E-state index contributed by atoms with van der Waals surface area (Å²) < 4.78 is 2.07. The van der Waals surface area contributed by atoms with E-state index in [4.69, 9.17) is 4.98 Å². The minimum absolute atomic E-state index is 0.288. The molecule has 0 spiro atoms. The third-order valence-corrected chi connectivity index (χ3v) is 6.14. The third kappa shape index (κ3) is 4.50. The summed E-state index contributed by atoms with van der Waals surface area (Å²) in [6.07, 6.45) is 10.4. The van der Waals surface area contributed by atoms with Crippen molar-refractivity contribution < 1.29 is 4.79 Å². The van der Waals surface area contributed by atoms with E-state index in [9.17, 15) is 4.79 Å². The molecule has 1 saturated heterocycles. The molecule has 2 aliphatic rings. The van der Waals surface area contributed by atoms with Crippen LogP contribution in [0.4, 0.5) is 0 Å². The van der Waals surface area contributed by atoms with Gasteiger partial charge in [-0.2, -0.15) is 0 Å². The molecule has 3 heterocycles. The Hall–Kier alpha value is -1.92. The van der Waals surface area contributed by atoms with Gasteiger partial charge in [-0.15, -0.1) is 0 Å². The van der Waals surface area contributed by atoms with E-state index in [0.29, 0.717) is 12.6 Å². The summed E-state index contributed by atoms with van der Waals surface area (Å²) in [5.41, 5.74) is 2.12. The number of hydrogen-bond acceptors (Lipinski definition) is 4. The van der Waals surface area contributed by atoms with E-state index in [1.807, 2.05) is 36.3 Å². The van der Waals surface area contributed by atoms with Crippen LogP contribution in [0.5, 0.6) is 0 Å². The smallest absolute Gasteiger partial charge is 0.236 e. The first-order chi connectivity index (χ1) is 13.2. The Labute approximate surface area is 161 Å². The molecule has 1 aliphatic carbocycles. The molecule has 2 aromatic heterocycles. The van der Waals surface area contributed by atoms with Crippen LogP contribution in [0, 0.1) is 0 Å². The van der Waals surface area contributed by atoms with Gasteiger partial charge in [0.15, 0.2) is 0 Å². The van der Waals surface area contributed by atoms with Crippen molar-refractivity contribution in [1.29, 1.82) is 0 Å². The van der Waals surface area contributed by atoms with Gasteiger partial charge in [0.25, 0.3) is 0 Å². The Kier molecular flexibility index (Phi) is 5.74. The Balaban J connectivity index is 1.24. The molecule has 6 heteroatoms. The highest BCUT2D eigenvalue weighted by Crippen LogP contribution is 2.21. The SMILES string of the molecule is CN(C(=O)CN1CCN(Cc2cn3ccccc3n2)CC1)C1CCCCC1. The Morgan fingerprint density at radius 2 is 1.85 bits per heavy atom. The minimum atomic E-state index is 0.288. The van der Waals surface area contributed by atoms with Gasteiger partial charge in [0, 0.05) is 58.2 Å². The molecule has 2 fully saturated rings. The molecule has 0 aromatic carbocycles. The number of likely N-dealkylation sites (N-methyl/N-ethyl adjacent to an activating group) is 1. The summed E-state index contributed by atoms with van der Waals surface area (Å²) in [6, 6.07) is 6.54. The van der Waals surface area contributed by atoms with Crippen molar-refractivity contribution in [3.8, 4) is 0 Å². The Morgan fingerprint density at radius 3 is 2.59 bits per heavy atom. The molecule has 0 bridgehead atoms. The van der Waals surface area contributed by atoms with Crippen molar-refractivity contribution in [3.05, 3.63) is 36.3 Å². The second-order valence-corrected chi connectivity index (χ2v) is 8.05. The van der Waals surface area contributed by atoms with E-state index in [-0.39, 0.29) is 5.91 Å². The van der Waals surface area contributed by atoms with Crippen LogP contribution >= 0.6 is 0 Å². The minimum Gasteiger partial charge on any atom is -0.342 e. The number of nitrogens with zero attached hydrogens (tertiary/aromatic N) is 5. The molecule has 0 atom stereocenters. The topological polar surface area (TPSA) is 44.1 Å². The molecule has 0 radical (unpaired) electrons. The number of imidazole rings is 1. The maximum absolute atomic E-state index is 12.6. The normalized spacial score (nSPS) is 20.2. The van der Waals surface area contributed by atoms with E-state index in [2.05, 4.69) is 20.4 Å². The van der Waals surface area contributed by atoms with Gasteiger partial charge in [0.2, 0.25) is 5.91 Å². The van der Waals surface area contributed by atoms with Crippen molar-refractivity contribution >= 4 is 11.6 Å². The summed E-state index contributed by atoms with van der Waals surface area (Å²) in [7, 11) is 2.00. The van der Waals surface area contributed by atoms with E-state index in [1.165, 1.54) is 32.1 Å². The second-order valence-electron chi connectivity index (χ2n) is 8.05. The predicted octanol–water partition coefficient (Wildman–Crippen LogP) is 2.24. The first-order valence-corrected chi connectivity index (χ1v) is 10.3. The zero-order valence-electron chi connectivity index (χ0n) is 16.4. The molecule has 6 nitrogen and oxygen atoms in total. The number of carbonyl (C=O) groups is 1. The van der Waals surface area contributed by atoms with Crippen molar-refractivity contribution in [2.75, 3.05) is 39.8 Å². The van der Waals surface area contributed by atoms with Crippen LogP contribution in [-0.4, -0.2) is 75.8 Å². The van der Waals surface area contributed by atoms with Crippen molar-refractivity contribution in [3.63, 3.8) is 0 Å². The lowest BCUT2D eigenvalue weighted by molar-refractivity contribution is -0.134. The first-order valence-electron chi connectivity index (χ1n) is 10.3. The van der Waals surface area contributed by atoms with Gasteiger partial charge in [-0.3, -0.25) is 14.6 Å². The second kappa shape index (κ2) is 8.40. The van der Waals surface area contributed by atoms with Gasteiger partial charge in [-0.25, -0.2) is 4.98 Å². The zero-order valence-corrected chi connectivity index (χ0v) is 16.4. The van der Waals surface area contributed by atoms with Gasteiger partial charge in [-0.1, -0.05) is 25.3 Å². The molecule has 1 amide bonds. The fourth-order valence-electron chi connectivity index (χ4n) is 4.37. The molecule has 1 saturated carbocycles. The number of hydrogen-bond donors (Lipinski definition) is 0. The first kappa shape index (κ1) is 18.4. The molecular formula is C21H31N5O. The van der Waals surface area contributed by atoms with Crippen LogP contribution in [0.3, 0.4) is 0 Å². The maximum Gasteiger partial charge on any atom is 0.236 e. The summed E-state index contributed by atoms with van der Waals surface area (Å²) in [6.45, 7) is 5.35. The summed E-state index contributed by atoms with van der Waals surface area (Å²) >= 11 is 0. The van der Waals surface area contributed by atoms with Gasteiger partial charge in [0.1, 0.15) is 5.65 Å². The summed E-state index contributed by atoms with van der Waals surface area (Å²) in [4.78, 5) is 24.1. The molecule has 1 aliphatic heterocycles. The fourth-order valence-corrected chi connectivity index (χ4v) is 4.37. The number of carbonyl (C=O) groups excluding carboxylic acids is 1. The van der Waals surface area contributed by atoms with Crippen LogP contribution in [-0.2, 0) is 11.3 Å². The molecule has 0 unspecified atom stereocenters. The zero-order chi connectivity index (χ0) is 18.6. The third-order valence-electron chi connectivity index (χ3n) is 6.14. The lowest BCUT2D eigenvalue weighted by Gasteiger charge is -2.36. The lowest BCUT2D eigenvalue weighted by Crippen LogP contribution is -2.50. The van der Waals surface area contributed by atoms with E-state index in [0.717, 1.165) is 44.1 Å². The average Bonchev–Trinajstić information content (AvgIpc) is 3.12. The molecule has 2 aromatic rings.